The Hall–Kier alpha value is -2.41. The second-order valence-corrected chi connectivity index (χ2v) is 5.23. The van der Waals surface area contributed by atoms with Crippen molar-refractivity contribution in [2.75, 3.05) is 6.61 Å². The molecule has 0 aliphatic heterocycles. The Labute approximate surface area is 123 Å². The van der Waals surface area contributed by atoms with Crippen molar-refractivity contribution in [3.8, 4) is 16.2 Å². The molecule has 0 amide bonds. The lowest BCUT2D eigenvalue weighted by Crippen LogP contribution is -2.11. The van der Waals surface area contributed by atoms with Crippen LogP contribution in [-0.4, -0.2) is 28.8 Å². The number of rotatable bonds is 5. The van der Waals surface area contributed by atoms with Gasteiger partial charge in [-0.15, -0.1) is 11.3 Å². The summed E-state index contributed by atoms with van der Waals surface area (Å²) in [5.41, 5.74) is 1.16. The third-order valence-corrected chi connectivity index (χ3v) is 4.04. The van der Waals surface area contributed by atoms with Crippen LogP contribution < -0.4 is 4.74 Å². The number of halogens is 1. The summed E-state index contributed by atoms with van der Waals surface area (Å²) < 4.78 is 18.0. The molecule has 21 heavy (non-hydrogen) atoms. The minimum absolute atomic E-state index is 0.0363. The molecule has 0 unspecified atom stereocenters. The zero-order valence-corrected chi connectivity index (χ0v) is 11.7. The number of hydrogen-bond acceptors (Lipinski definition) is 4. The average Bonchev–Trinajstić information content (AvgIpc) is 2.75. The number of carboxylic acid groups (broad SMARTS) is 2. The predicted octanol–water partition coefficient (Wildman–Crippen LogP) is 3.02. The van der Waals surface area contributed by atoms with Crippen LogP contribution in [0.5, 0.6) is 5.75 Å². The van der Waals surface area contributed by atoms with Crippen molar-refractivity contribution < 1.29 is 28.9 Å². The van der Waals surface area contributed by atoms with Crippen molar-refractivity contribution >= 4 is 23.3 Å². The summed E-state index contributed by atoms with van der Waals surface area (Å²) in [7, 11) is 0. The number of thiophene rings is 1. The Morgan fingerprint density at radius 1 is 1.24 bits per heavy atom. The summed E-state index contributed by atoms with van der Waals surface area (Å²) in [5.74, 6) is -2.75. The first-order valence-electron chi connectivity index (χ1n) is 5.87. The zero-order chi connectivity index (χ0) is 15.6. The summed E-state index contributed by atoms with van der Waals surface area (Å²) in [6.45, 7) is 1.01. The van der Waals surface area contributed by atoms with Crippen LogP contribution in [0.25, 0.3) is 10.4 Å². The molecule has 2 aromatic rings. The normalized spacial score (nSPS) is 10.4. The minimum atomic E-state index is -1.20. The fourth-order valence-electron chi connectivity index (χ4n) is 1.82. The first-order chi connectivity index (χ1) is 9.90. The molecule has 1 aromatic heterocycles. The number of hydrogen-bond donors (Lipinski definition) is 2. The molecule has 0 saturated heterocycles. The second-order valence-electron chi connectivity index (χ2n) is 4.21. The highest BCUT2D eigenvalue weighted by atomic mass is 32.1. The van der Waals surface area contributed by atoms with E-state index in [-0.39, 0.29) is 10.6 Å². The van der Waals surface area contributed by atoms with Crippen LogP contribution in [0.2, 0.25) is 0 Å². The van der Waals surface area contributed by atoms with Crippen molar-refractivity contribution in [3.63, 3.8) is 0 Å². The molecule has 0 bridgehead atoms. The van der Waals surface area contributed by atoms with Crippen LogP contribution in [0.15, 0.2) is 24.3 Å². The Morgan fingerprint density at radius 2 is 1.86 bits per heavy atom. The van der Waals surface area contributed by atoms with Crippen LogP contribution in [0.4, 0.5) is 4.39 Å². The van der Waals surface area contributed by atoms with Crippen LogP contribution >= 0.6 is 11.3 Å². The lowest BCUT2D eigenvalue weighted by atomic mass is 10.1. The largest absolute Gasteiger partial charge is 0.480 e. The van der Waals surface area contributed by atoms with Gasteiger partial charge in [-0.1, -0.05) is 12.1 Å². The molecule has 0 aliphatic rings. The highest BCUT2D eigenvalue weighted by Gasteiger charge is 2.23. The third-order valence-electron chi connectivity index (χ3n) is 2.73. The van der Waals surface area contributed by atoms with E-state index in [1.165, 1.54) is 24.3 Å². The molecular formula is C14H11FO5S. The van der Waals surface area contributed by atoms with E-state index >= 15 is 0 Å². The summed E-state index contributed by atoms with van der Waals surface area (Å²) in [4.78, 5) is 22.3. The number of carbonyl (C=O) groups is 2. The van der Waals surface area contributed by atoms with E-state index in [4.69, 9.17) is 9.84 Å². The maximum Gasteiger partial charge on any atom is 0.349 e. The minimum Gasteiger partial charge on any atom is -0.480 e. The van der Waals surface area contributed by atoms with Crippen LogP contribution in [0.3, 0.4) is 0 Å². The molecule has 5 nitrogen and oxygen atoms in total. The zero-order valence-electron chi connectivity index (χ0n) is 10.9. The quantitative estimate of drug-likeness (QED) is 0.887. The average molecular weight is 310 g/mol. The van der Waals surface area contributed by atoms with Gasteiger partial charge >= 0.3 is 11.9 Å². The Morgan fingerprint density at radius 3 is 2.38 bits per heavy atom. The molecule has 0 radical (unpaired) electrons. The molecule has 110 valence electrons. The van der Waals surface area contributed by atoms with Crippen molar-refractivity contribution in [2.24, 2.45) is 0 Å². The van der Waals surface area contributed by atoms with Gasteiger partial charge in [0.2, 0.25) is 0 Å². The molecule has 0 fully saturated rings. The van der Waals surface area contributed by atoms with Gasteiger partial charge in [0.1, 0.15) is 11.6 Å². The van der Waals surface area contributed by atoms with E-state index in [0.717, 1.165) is 11.3 Å². The van der Waals surface area contributed by atoms with E-state index in [1.54, 1.807) is 6.92 Å². The van der Waals surface area contributed by atoms with E-state index in [1.807, 2.05) is 0 Å². The molecular weight excluding hydrogens is 299 g/mol. The second kappa shape index (κ2) is 5.92. The fourth-order valence-corrected chi connectivity index (χ4v) is 2.92. The lowest BCUT2D eigenvalue weighted by Gasteiger charge is -2.04. The van der Waals surface area contributed by atoms with Crippen molar-refractivity contribution in [2.45, 2.75) is 6.92 Å². The molecule has 1 aromatic carbocycles. The molecule has 7 heteroatoms. The standard InChI is InChI=1S/C14H11FO5S/c1-7-11(20-6-10(16)17)13(14(18)19)21-12(7)8-2-4-9(15)5-3-8/h2-5H,6H2,1H3,(H,16,17)(H,18,19). The summed E-state index contributed by atoms with van der Waals surface area (Å²) >= 11 is 0.965. The fraction of sp³-hybridized carbons (Fsp3) is 0.143. The first kappa shape index (κ1) is 15.0. The van der Waals surface area contributed by atoms with Crippen molar-refractivity contribution in [3.05, 3.63) is 40.5 Å². The first-order valence-corrected chi connectivity index (χ1v) is 6.69. The molecule has 1 heterocycles. The van der Waals surface area contributed by atoms with E-state index in [9.17, 15) is 19.1 Å². The summed E-state index contributed by atoms with van der Waals surface area (Å²) in [6.07, 6.45) is 0. The maximum atomic E-state index is 12.9. The molecule has 0 aliphatic carbocycles. The van der Waals surface area contributed by atoms with Crippen LogP contribution in [0.1, 0.15) is 15.2 Å². The number of carboxylic acids is 2. The van der Waals surface area contributed by atoms with Gasteiger partial charge in [0.15, 0.2) is 11.5 Å². The number of benzene rings is 1. The van der Waals surface area contributed by atoms with Gasteiger partial charge in [-0.3, -0.25) is 0 Å². The third kappa shape index (κ3) is 3.19. The number of aliphatic carboxylic acids is 1. The van der Waals surface area contributed by atoms with Crippen LogP contribution in [0, 0.1) is 12.7 Å². The molecule has 0 atom stereocenters. The van der Waals surface area contributed by atoms with Gasteiger partial charge in [-0.25, -0.2) is 14.0 Å². The Kier molecular flexibility index (Phi) is 4.23. The van der Waals surface area contributed by atoms with Gasteiger partial charge in [0.05, 0.1) is 0 Å². The number of aromatic carboxylic acids is 1. The van der Waals surface area contributed by atoms with Gasteiger partial charge < -0.3 is 14.9 Å². The van der Waals surface area contributed by atoms with Crippen LogP contribution in [-0.2, 0) is 4.79 Å². The van der Waals surface area contributed by atoms with Gasteiger partial charge in [0, 0.05) is 10.4 Å². The Balaban J connectivity index is 2.48. The summed E-state index contributed by atoms with van der Waals surface area (Å²) in [6, 6.07) is 5.60. The highest BCUT2D eigenvalue weighted by Crippen LogP contribution is 2.41. The SMILES string of the molecule is Cc1c(-c2ccc(F)cc2)sc(C(=O)O)c1OCC(=O)O. The van der Waals surface area contributed by atoms with Gasteiger partial charge in [-0.2, -0.15) is 0 Å². The molecule has 0 spiro atoms. The number of ether oxygens (including phenoxy) is 1. The van der Waals surface area contributed by atoms with E-state index < -0.39 is 24.4 Å². The predicted molar refractivity (Wildman–Crippen MR) is 74.5 cm³/mol. The summed E-state index contributed by atoms with van der Waals surface area (Å²) in [5, 5.41) is 17.8. The van der Waals surface area contributed by atoms with Crippen molar-refractivity contribution in [1.29, 1.82) is 0 Å². The topological polar surface area (TPSA) is 83.8 Å². The van der Waals surface area contributed by atoms with E-state index in [2.05, 4.69) is 0 Å². The molecule has 2 rings (SSSR count). The van der Waals surface area contributed by atoms with E-state index in [0.29, 0.717) is 16.0 Å². The lowest BCUT2D eigenvalue weighted by molar-refractivity contribution is -0.139. The van der Waals surface area contributed by atoms with Crippen molar-refractivity contribution in [1.82, 2.24) is 0 Å². The monoisotopic (exact) mass is 310 g/mol. The molecule has 2 N–H and O–H groups in total. The smallest absolute Gasteiger partial charge is 0.349 e. The Bertz CT molecular complexity index is 690. The van der Waals surface area contributed by atoms with Gasteiger partial charge in [0.25, 0.3) is 0 Å². The highest BCUT2D eigenvalue weighted by molar-refractivity contribution is 7.18. The van der Waals surface area contributed by atoms with Gasteiger partial charge in [-0.05, 0) is 24.6 Å². The molecule has 0 saturated carbocycles. The maximum absolute atomic E-state index is 12.9.